The molecule has 0 saturated heterocycles. The van der Waals surface area contributed by atoms with Crippen molar-refractivity contribution in [2.24, 2.45) is 0 Å². The van der Waals surface area contributed by atoms with Crippen LogP contribution >= 0.6 is 11.6 Å². The SMILES string of the molecule is Cc1nn(CC(=O)NCCCn2nc(C(F)(F)F)cc2C2CC2)cc1Cl. The van der Waals surface area contributed by atoms with Gasteiger partial charge < -0.3 is 5.32 Å². The summed E-state index contributed by atoms with van der Waals surface area (Å²) in [6, 6.07) is 1.14. The average molecular weight is 390 g/mol. The maximum absolute atomic E-state index is 12.8. The fourth-order valence-electron chi connectivity index (χ4n) is 2.69. The Balaban J connectivity index is 1.49. The summed E-state index contributed by atoms with van der Waals surface area (Å²) in [7, 11) is 0. The van der Waals surface area contributed by atoms with Crippen LogP contribution in [0, 0.1) is 6.92 Å². The summed E-state index contributed by atoms with van der Waals surface area (Å²) in [5, 5.41) is 11.0. The molecule has 0 bridgehead atoms. The molecule has 0 aliphatic heterocycles. The fourth-order valence-corrected chi connectivity index (χ4v) is 2.84. The molecule has 1 saturated carbocycles. The van der Waals surface area contributed by atoms with Crippen molar-refractivity contribution in [2.45, 2.75) is 51.4 Å². The van der Waals surface area contributed by atoms with E-state index in [1.165, 1.54) is 9.36 Å². The first-order chi connectivity index (χ1) is 12.2. The van der Waals surface area contributed by atoms with E-state index in [1.807, 2.05) is 0 Å². The van der Waals surface area contributed by atoms with Gasteiger partial charge in [0.15, 0.2) is 5.69 Å². The van der Waals surface area contributed by atoms with Crippen molar-refractivity contribution in [3.63, 3.8) is 0 Å². The Hall–Kier alpha value is -2.03. The second-order valence-electron chi connectivity index (χ2n) is 6.41. The minimum Gasteiger partial charge on any atom is -0.354 e. The van der Waals surface area contributed by atoms with Crippen molar-refractivity contribution >= 4 is 17.5 Å². The van der Waals surface area contributed by atoms with E-state index < -0.39 is 11.9 Å². The van der Waals surface area contributed by atoms with Gasteiger partial charge in [-0.3, -0.25) is 14.2 Å². The van der Waals surface area contributed by atoms with Gasteiger partial charge in [0, 0.05) is 30.9 Å². The van der Waals surface area contributed by atoms with E-state index in [2.05, 4.69) is 15.5 Å². The Labute approximate surface area is 153 Å². The molecule has 0 aromatic carbocycles. The highest BCUT2D eigenvalue weighted by molar-refractivity contribution is 6.31. The lowest BCUT2D eigenvalue weighted by Gasteiger charge is -2.08. The molecule has 1 N–H and O–H groups in total. The summed E-state index contributed by atoms with van der Waals surface area (Å²) >= 11 is 5.88. The minimum atomic E-state index is -4.44. The van der Waals surface area contributed by atoms with Crippen LogP contribution in [-0.4, -0.2) is 32.0 Å². The third kappa shape index (κ3) is 4.57. The highest BCUT2D eigenvalue weighted by Crippen LogP contribution is 2.42. The van der Waals surface area contributed by atoms with Crippen LogP contribution in [0.3, 0.4) is 0 Å². The Morgan fingerprint density at radius 2 is 2.12 bits per heavy atom. The lowest BCUT2D eigenvalue weighted by molar-refractivity contribution is -0.141. The highest BCUT2D eigenvalue weighted by Gasteiger charge is 2.37. The second kappa shape index (κ2) is 7.30. The molecule has 1 fully saturated rings. The van der Waals surface area contributed by atoms with E-state index in [-0.39, 0.29) is 18.4 Å². The number of hydrogen-bond acceptors (Lipinski definition) is 3. The number of carbonyl (C=O) groups is 1. The van der Waals surface area contributed by atoms with Crippen LogP contribution in [0.5, 0.6) is 0 Å². The van der Waals surface area contributed by atoms with Gasteiger partial charge in [0.25, 0.3) is 0 Å². The maximum Gasteiger partial charge on any atom is 0.435 e. The first-order valence-corrected chi connectivity index (χ1v) is 8.73. The predicted octanol–water partition coefficient (Wildman–Crippen LogP) is 3.14. The molecule has 2 heterocycles. The summed E-state index contributed by atoms with van der Waals surface area (Å²) < 4.78 is 41.4. The molecule has 2 aromatic rings. The molecule has 10 heteroatoms. The molecular formula is C16H19ClF3N5O. The summed E-state index contributed by atoms with van der Waals surface area (Å²) in [5.41, 5.74) is 0.422. The van der Waals surface area contributed by atoms with Crippen LogP contribution in [0.15, 0.2) is 12.3 Å². The van der Waals surface area contributed by atoms with E-state index in [0.717, 1.165) is 18.9 Å². The molecule has 0 unspecified atom stereocenters. The van der Waals surface area contributed by atoms with Crippen molar-refractivity contribution in [3.8, 4) is 0 Å². The third-order valence-corrected chi connectivity index (χ3v) is 4.53. The molecular weight excluding hydrogens is 371 g/mol. The van der Waals surface area contributed by atoms with Crippen LogP contribution in [-0.2, 0) is 24.1 Å². The van der Waals surface area contributed by atoms with Crippen LogP contribution in [0.25, 0.3) is 0 Å². The number of rotatable bonds is 7. The second-order valence-corrected chi connectivity index (χ2v) is 6.82. The van der Waals surface area contributed by atoms with Crippen molar-refractivity contribution in [2.75, 3.05) is 6.54 Å². The topological polar surface area (TPSA) is 64.7 Å². The third-order valence-electron chi connectivity index (χ3n) is 4.16. The molecule has 142 valence electrons. The van der Waals surface area contributed by atoms with Gasteiger partial charge in [-0.05, 0) is 32.3 Å². The fraction of sp³-hybridized carbons (Fsp3) is 0.562. The van der Waals surface area contributed by atoms with Gasteiger partial charge in [-0.1, -0.05) is 11.6 Å². The van der Waals surface area contributed by atoms with Gasteiger partial charge in [-0.2, -0.15) is 23.4 Å². The summed E-state index contributed by atoms with van der Waals surface area (Å²) in [5.74, 6) is -0.0657. The molecule has 0 atom stereocenters. The van der Waals surface area contributed by atoms with Gasteiger partial charge in [-0.25, -0.2) is 0 Å². The first kappa shape index (κ1) is 18.8. The number of hydrogen-bond donors (Lipinski definition) is 1. The zero-order valence-electron chi connectivity index (χ0n) is 14.2. The van der Waals surface area contributed by atoms with E-state index in [9.17, 15) is 18.0 Å². The van der Waals surface area contributed by atoms with Crippen LogP contribution in [0.2, 0.25) is 5.02 Å². The monoisotopic (exact) mass is 389 g/mol. The van der Waals surface area contributed by atoms with E-state index in [0.29, 0.717) is 35.9 Å². The van der Waals surface area contributed by atoms with Gasteiger partial charge in [-0.15, -0.1) is 0 Å². The number of aromatic nitrogens is 4. The van der Waals surface area contributed by atoms with Crippen LogP contribution in [0.1, 0.15) is 42.3 Å². The number of alkyl halides is 3. The molecule has 3 rings (SSSR count). The maximum atomic E-state index is 12.8. The molecule has 6 nitrogen and oxygen atoms in total. The lowest BCUT2D eigenvalue weighted by Crippen LogP contribution is -2.29. The van der Waals surface area contributed by atoms with Crippen LogP contribution in [0.4, 0.5) is 13.2 Å². The number of carbonyl (C=O) groups excluding carboxylic acids is 1. The first-order valence-electron chi connectivity index (χ1n) is 8.35. The van der Waals surface area contributed by atoms with Crippen LogP contribution < -0.4 is 5.32 Å². The molecule has 1 aliphatic carbocycles. The Bertz CT molecular complexity index is 775. The van der Waals surface area contributed by atoms with Gasteiger partial charge in [0.05, 0.1) is 10.7 Å². The Kier molecular flexibility index (Phi) is 5.27. The zero-order valence-corrected chi connectivity index (χ0v) is 14.9. The number of aryl methyl sites for hydroxylation is 2. The Morgan fingerprint density at radius 3 is 2.69 bits per heavy atom. The van der Waals surface area contributed by atoms with Gasteiger partial charge >= 0.3 is 6.18 Å². The van der Waals surface area contributed by atoms with E-state index in [1.54, 1.807) is 13.1 Å². The molecule has 2 aromatic heterocycles. The lowest BCUT2D eigenvalue weighted by atomic mass is 10.2. The standard InChI is InChI=1S/C16H19ClF3N5O/c1-10-12(17)8-24(22-10)9-15(26)21-5-2-6-25-13(11-3-4-11)7-14(23-25)16(18,19)20/h7-8,11H,2-6,9H2,1H3,(H,21,26). The summed E-state index contributed by atoms with van der Waals surface area (Å²) in [6.45, 7) is 2.46. The molecule has 1 amide bonds. The quantitative estimate of drug-likeness (QED) is 0.740. The molecule has 26 heavy (non-hydrogen) atoms. The molecule has 0 spiro atoms. The highest BCUT2D eigenvalue weighted by atomic mass is 35.5. The number of halogens is 4. The van der Waals surface area contributed by atoms with Crippen molar-refractivity contribution in [1.29, 1.82) is 0 Å². The number of nitrogens with one attached hydrogen (secondary N) is 1. The van der Waals surface area contributed by atoms with E-state index >= 15 is 0 Å². The van der Waals surface area contributed by atoms with Crippen molar-refractivity contribution < 1.29 is 18.0 Å². The number of nitrogens with zero attached hydrogens (tertiary/aromatic N) is 4. The van der Waals surface area contributed by atoms with Gasteiger partial charge in [0.2, 0.25) is 5.91 Å². The molecule has 0 radical (unpaired) electrons. The molecule has 1 aliphatic rings. The van der Waals surface area contributed by atoms with Crippen molar-refractivity contribution in [3.05, 3.63) is 34.4 Å². The minimum absolute atomic E-state index is 0.0425. The largest absolute Gasteiger partial charge is 0.435 e. The Morgan fingerprint density at radius 1 is 1.38 bits per heavy atom. The number of amides is 1. The smallest absolute Gasteiger partial charge is 0.354 e. The zero-order chi connectivity index (χ0) is 18.9. The summed E-state index contributed by atoms with van der Waals surface area (Å²) in [6.07, 6.45) is -0.590. The summed E-state index contributed by atoms with van der Waals surface area (Å²) in [4.78, 5) is 11.9. The average Bonchev–Trinajstić information content (AvgIpc) is 3.21. The van der Waals surface area contributed by atoms with Gasteiger partial charge in [0.1, 0.15) is 6.54 Å². The normalized spacial score (nSPS) is 14.7. The van der Waals surface area contributed by atoms with Crippen molar-refractivity contribution in [1.82, 2.24) is 24.9 Å². The predicted molar refractivity (Wildman–Crippen MR) is 88.8 cm³/mol. The van der Waals surface area contributed by atoms with E-state index in [4.69, 9.17) is 11.6 Å².